The first-order valence-corrected chi connectivity index (χ1v) is 4.29. The minimum atomic E-state index is 1.10. The Morgan fingerprint density at radius 3 is 2.75 bits per heavy atom. The maximum atomic E-state index is 3.09. The molecule has 0 radical (unpaired) electrons. The second kappa shape index (κ2) is 7.31. The van der Waals surface area contributed by atoms with E-state index >= 15 is 0 Å². The van der Waals surface area contributed by atoms with Crippen LogP contribution in [0.15, 0.2) is 0 Å². The van der Waals surface area contributed by atoms with Gasteiger partial charge in [-0.3, -0.25) is 0 Å². The summed E-state index contributed by atoms with van der Waals surface area (Å²) in [6, 6.07) is 0. The normalized spacial score (nSPS) is 9.75. The summed E-state index contributed by atoms with van der Waals surface area (Å²) in [4.78, 5) is 0. The summed E-state index contributed by atoms with van der Waals surface area (Å²) >= 11 is 1.97. The molecule has 0 aromatic heterocycles. The van der Waals surface area contributed by atoms with E-state index in [0.717, 1.165) is 5.88 Å². The zero-order valence-electron chi connectivity index (χ0n) is 5.74. The summed E-state index contributed by atoms with van der Waals surface area (Å²) in [5, 5.41) is 3.09. The Kier molecular flexibility index (Phi) is 7.59. The maximum absolute atomic E-state index is 3.09. The number of thioether (sulfide) groups is 1. The third kappa shape index (κ3) is 6.31. The molecule has 0 aliphatic rings. The van der Waals surface area contributed by atoms with Crippen molar-refractivity contribution in [2.45, 2.75) is 19.8 Å². The molecule has 2 heteroatoms. The van der Waals surface area contributed by atoms with Crippen molar-refractivity contribution in [2.24, 2.45) is 0 Å². The van der Waals surface area contributed by atoms with E-state index in [0.29, 0.717) is 0 Å². The minimum absolute atomic E-state index is 1.10. The van der Waals surface area contributed by atoms with E-state index in [2.05, 4.69) is 12.2 Å². The third-order valence-electron chi connectivity index (χ3n) is 0.889. The lowest BCUT2D eigenvalue weighted by Gasteiger charge is -1.95. The van der Waals surface area contributed by atoms with Gasteiger partial charge < -0.3 is 5.32 Å². The predicted octanol–water partition coefficient (Wildman–Crippen LogP) is 1.70. The molecular formula is C6H15NS. The van der Waals surface area contributed by atoms with Gasteiger partial charge in [-0.25, -0.2) is 0 Å². The summed E-state index contributed by atoms with van der Waals surface area (Å²) in [6.07, 6.45) is 2.67. The molecule has 0 unspecified atom stereocenters. The van der Waals surface area contributed by atoms with Crippen molar-refractivity contribution < 1.29 is 0 Å². The van der Waals surface area contributed by atoms with Crippen LogP contribution < -0.4 is 5.32 Å². The SMILES string of the molecule is CCCCSCNC. The van der Waals surface area contributed by atoms with Gasteiger partial charge in [0.15, 0.2) is 0 Å². The van der Waals surface area contributed by atoms with Crippen LogP contribution in [0.25, 0.3) is 0 Å². The molecule has 0 spiro atoms. The lowest BCUT2D eigenvalue weighted by atomic mass is 10.4. The van der Waals surface area contributed by atoms with Gasteiger partial charge in [0.1, 0.15) is 0 Å². The molecule has 0 aromatic rings. The van der Waals surface area contributed by atoms with E-state index in [1.165, 1.54) is 18.6 Å². The van der Waals surface area contributed by atoms with Gasteiger partial charge in [-0.15, -0.1) is 11.8 Å². The van der Waals surface area contributed by atoms with Gasteiger partial charge in [-0.2, -0.15) is 0 Å². The van der Waals surface area contributed by atoms with Crippen molar-refractivity contribution in [1.29, 1.82) is 0 Å². The number of hydrogen-bond donors (Lipinski definition) is 1. The molecule has 1 nitrogen and oxygen atoms in total. The van der Waals surface area contributed by atoms with Crippen LogP contribution in [0.3, 0.4) is 0 Å². The molecule has 50 valence electrons. The van der Waals surface area contributed by atoms with Gasteiger partial charge in [-0.1, -0.05) is 13.3 Å². The molecule has 0 amide bonds. The van der Waals surface area contributed by atoms with Crippen LogP contribution in [0.1, 0.15) is 19.8 Å². The third-order valence-corrected chi connectivity index (χ3v) is 1.96. The Balaban J connectivity index is 2.53. The lowest BCUT2D eigenvalue weighted by Crippen LogP contribution is -2.03. The van der Waals surface area contributed by atoms with Crippen molar-refractivity contribution in [1.82, 2.24) is 5.32 Å². The zero-order valence-corrected chi connectivity index (χ0v) is 6.55. The Bertz CT molecular complexity index is 33.5. The highest BCUT2D eigenvalue weighted by atomic mass is 32.2. The second-order valence-electron chi connectivity index (χ2n) is 1.76. The number of hydrogen-bond acceptors (Lipinski definition) is 2. The Labute approximate surface area is 56.2 Å². The van der Waals surface area contributed by atoms with Crippen molar-refractivity contribution in [3.8, 4) is 0 Å². The van der Waals surface area contributed by atoms with Crippen molar-refractivity contribution in [3.05, 3.63) is 0 Å². The first kappa shape index (κ1) is 8.31. The van der Waals surface area contributed by atoms with Crippen molar-refractivity contribution in [2.75, 3.05) is 18.7 Å². The number of rotatable bonds is 5. The summed E-state index contributed by atoms with van der Waals surface area (Å²) < 4.78 is 0. The van der Waals surface area contributed by atoms with Gasteiger partial charge >= 0.3 is 0 Å². The van der Waals surface area contributed by atoms with Gasteiger partial charge in [0.25, 0.3) is 0 Å². The fourth-order valence-corrected chi connectivity index (χ4v) is 1.26. The molecule has 0 rings (SSSR count). The molecule has 0 atom stereocenters. The highest BCUT2D eigenvalue weighted by Gasteiger charge is 1.82. The van der Waals surface area contributed by atoms with Crippen molar-refractivity contribution >= 4 is 11.8 Å². The first-order valence-electron chi connectivity index (χ1n) is 3.14. The summed E-state index contributed by atoms with van der Waals surface area (Å²) in [5.41, 5.74) is 0. The van der Waals surface area contributed by atoms with Crippen LogP contribution in [0.2, 0.25) is 0 Å². The summed E-state index contributed by atoms with van der Waals surface area (Å²) in [7, 11) is 1.99. The van der Waals surface area contributed by atoms with Crippen LogP contribution >= 0.6 is 11.8 Å². The van der Waals surface area contributed by atoms with Gasteiger partial charge in [0.2, 0.25) is 0 Å². The van der Waals surface area contributed by atoms with E-state index in [1.807, 2.05) is 18.8 Å². The smallest absolute Gasteiger partial charge is 0.0415 e. The first-order chi connectivity index (χ1) is 3.91. The molecule has 1 N–H and O–H groups in total. The Hall–Kier alpha value is 0.310. The molecule has 0 aromatic carbocycles. The van der Waals surface area contributed by atoms with E-state index in [-0.39, 0.29) is 0 Å². The van der Waals surface area contributed by atoms with Gasteiger partial charge in [0, 0.05) is 5.88 Å². The van der Waals surface area contributed by atoms with Crippen LogP contribution in [0, 0.1) is 0 Å². The van der Waals surface area contributed by atoms with E-state index in [4.69, 9.17) is 0 Å². The molecule has 0 bridgehead atoms. The fourth-order valence-electron chi connectivity index (χ4n) is 0.421. The molecule has 0 heterocycles. The standard InChI is InChI=1S/C6H15NS/c1-3-4-5-8-6-7-2/h7H,3-6H2,1-2H3. The average Bonchev–Trinajstić information content (AvgIpc) is 1.81. The monoisotopic (exact) mass is 133 g/mol. The Morgan fingerprint density at radius 1 is 1.50 bits per heavy atom. The van der Waals surface area contributed by atoms with Crippen LogP contribution in [0.4, 0.5) is 0 Å². The van der Waals surface area contributed by atoms with Gasteiger partial charge in [-0.05, 0) is 19.2 Å². The van der Waals surface area contributed by atoms with Gasteiger partial charge in [0.05, 0.1) is 0 Å². The predicted molar refractivity (Wildman–Crippen MR) is 41.3 cm³/mol. The molecule has 0 fully saturated rings. The molecule has 8 heavy (non-hydrogen) atoms. The molecular weight excluding hydrogens is 118 g/mol. The van der Waals surface area contributed by atoms with Crippen molar-refractivity contribution in [3.63, 3.8) is 0 Å². The van der Waals surface area contributed by atoms with Crippen LogP contribution in [-0.4, -0.2) is 18.7 Å². The molecule has 0 aliphatic carbocycles. The summed E-state index contributed by atoms with van der Waals surface area (Å²) in [5.74, 6) is 2.40. The fraction of sp³-hybridized carbons (Fsp3) is 1.00. The van der Waals surface area contributed by atoms with Crippen LogP contribution in [0.5, 0.6) is 0 Å². The second-order valence-corrected chi connectivity index (χ2v) is 2.86. The van der Waals surface area contributed by atoms with E-state index in [1.54, 1.807) is 0 Å². The number of nitrogens with one attached hydrogen (secondary N) is 1. The average molecular weight is 133 g/mol. The quantitative estimate of drug-likeness (QED) is 0.452. The van der Waals surface area contributed by atoms with E-state index < -0.39 is 0 Å². The number of unbranched alkanes of at least 4 members (excludes halogenated alkanes) is 1. The highest BCUT2D eigenvalue weighted by Crippen LogP contribution is 2.00. The van der Waals surface area contributed by atoms with Crippen LogP contribution in [-0.2, 0) is 0 Å². The molecule has 0 aliphatic heterocycles. The van der Waals surface area contributed by atoms with E-state index in [9.17, 15) is 0 Å². The topological polar surface area (TPSA) is 12.0 Å². The minimum Gasteiger partial charge on any atom is -0.311 e. The highest BCUT2D eigenvalue weighted by molar-refractivity contribution is 7.99. The lowest BCUT2D eigenvalue weighted by molar-refractivity contribution is 0.891. The maximum Gasteiger partial charge on any atom is 0.0415 e. The zero-order chi connectivity index (χ0) is 6.24. The molecule has 0 saturated carbocycles. The molecule has 0 saturated heterocycles. The summed E-state index contributed by atoms with van der Waals surface area (Å²) in [6.45, 7) is 2.22. The Morgan fingerprint density at radius 2 is 2.25 bits per heavy atom. The largest absolute Gasteiger partial charge is 0.311 e.